The Balaban J connectivity index is 1.54. The third-order valence-electron chi connectivity index (χ3n) is 5.50. The van der Waals surface area contributed by atoms with Gasteiger partial charge in [0.15, 0.2) is 11.6 Å². The Kier molecular flexibility index (Phi) is 6.16. The highest BCUT2D eigenvalue weighted by molar-refractivity contribution is 5.55. The third kappa shape index (κ3) is 5.08. The monoisotopic (exact) mass is 449 g/mol. The molecule has 1 saturated heterocycles. The van der Waals surface area contributed by atoms with Crippen LogP contribution >= 0.6 is 0 Å². The van der Waals surface area contributed by atoms with Gasteiger partial charge >= 0.3 is 6.18 Å². The van der Waals surface area contributed by atoms with Crippen molar-refractivity contribution in [1.29, 1.82) is 0 Å². The highest BCUT2D eigenvalue weighted by Gasteiger charge is 2.30. The van der Waals surface area contributed by atoms with Crippen molar-refractivity contribution in [3.63, 3.8) is 0 Å². The van der Waals surface area contributed by atoms with E-state index in [1.54, 1.807) is 17.0 Å². The fraction of sp³-hybridized carbons (Fsp3) is 0.364. The number of nitrogens with one attached hydrogen (secondary N) is 1. The number of aliphatic hydroxyl groups excluding tert-OH is 1. The van der Waals surface area contributed by atoms with E-state index in [1.807, 2.05) is 6.92 Å². The molecule has 0 atom stereocenters. The summed E-state index contributed by atoms with van der Waals surface area (Å²) in [5.41, 5.74) is 1.31. The van der Waals surface area contributed by atoms with Gasteiger partial charge in [-0.25, -0.2) is 9.37 Å². The number of piperidine rings is 1. The molecule has 0 aliphatic carbocycles. The Bertz CT molecular complexity index is 1090. The number of rotatable bonds is 5. The summed E-state index contributed by atoms with van der Waals surface area (Å²) in [4.78, 5) is 10.3. The normalized spacial score (nSPS) is 15.8. The standard InChI is InChI=1S/C22H23F4N5O/c1-14-11-31(13-15(14)12-30-7-5-18(32)6-8-30)20-19(23)10-27-21(29-20)28-17-4-2-3-16(9-17)22(24,25)26/h2-4,9-11,13,18,32H,5-8,12H2,1H3,(H,27,28,29). The lowest BCUT2D eigenvalue weighted by Crippen LogP contribution is -2.35. The lowest BCUT2D eigenvalue weighted by molar-refractivity contribution is -0.137. The van der Waals surface area contributed by atoms with Gasteiger partial charge in [0, 0.05) is 37.7 Å². The summed E-state index contributed by atoms with van der Waals surface area (Å²) < 4.78 is 54.9. The van der Waals surface area contributed by atoms with E-state index >= 15 is 0 Å². The Morgan fingerprint density at radius 2 is 1.94 bits per heavy atom. The lowest BCUT2D eigenvalue weighted by Gasteiger charge is -2.29. The third-order valence-corrected chi connectivity index (χ3v) is 5.50. The molecule has 0 amide bonds. The molecule has 32 heavy (non-hydrogen) atoms. The smallest absolute Gasteiger partial charge is 0.393 e. The number of aryl methyl sites for hydroxylation is 1. The first-order valence-corrected chi connectivity index (χ1v) is 10.2. The molecular formula is C22H23F4N5O. The summed E-state index contributed by atoms with van der Waals surface area (Å²) in [7, 11) is 0. The second kappa shape index (κ2) is 8.87. The number of likely N-dealkylation sites (tertiary alicyclic amines) is 1. The number of halogens is 4. The van der Waals surface area contributed by atoms with Crippen LogP contribution in [0, 0.1) is 12.7 Å². The van der Waals surface area contributed by atoms with Crippen molar-refractivity contribution in [2.45, 2.75) is 38.6 Å². The molecule has 0 bridgehead atoms. The SMILES string of the molecule is Cc1cn(-c2nc(Nc3cccc(C(F)(F)F)c3)ncc2F)cc1CN1CCC(O)CC1. The van der Waals surface area contributed by atoms with Crippen LogP contribution in [0.15, 0.2) is 42.9 Å². The summed E-state index contributed by atoms with van der Waals surface area (Å²) in [5.74, 6) is -0.668. The Hall–Kier alpha value is -2.98. The van der Waals surface area contributed by atoms with Gasteiger partial charge in [-0.3, -0.25) is 4.90 Å². The predicted molar refractivity (Wildman–Crippen MR) is 111 cm³/mol. The van der Waals surface area contributed by atoms with Gasteiger partial charge in [-0.1, -0.05) is 6.07 Å². The van der Waals surface area contributed by atoms with Gasteiger partial charge in [0.2, 0.25) is 5.95 Å². The number of anilines is 2. The molecule has 0 radical (unpaired) electrons. The largest absolute Gasteiger partial charge is 0.416 e. The second-order valence-electron chi connectivity index (χ2n) is 7.95. The Morgan fingerprint density at radius 1 is 1.19 bits per heavy atom. The molecular weight excluding hydrogens is 426 g/mol. The molecule has 0 unspecified atom stereocenters. The van der Waals surface area contributed by atoms with Crippen LogP contribution in [0.25, 0.3) is 5.82 Å². The van der Waals surface area contributed by atoms with E-state index in [1.165, 1.54) is 12.1 Å². The van der Waals surface area contributed by atoms with Crippen LogP contribution in [0.4, 0.5) is 29.2 Å². The van der Waals surface area contributed by atoms with E-state index in [9.17, 15) is 22.7 Å². The molecule has 1 aliphatic heterocycles. The summed E-state index contributed by atoms with van der Waals surface area (Å²) in [6, 6.07) is 4.64. The zero-order valence-corrected chi connectivity index (χ0v) is 17.4. The number of benzene rings is 1. The maximum atomic E-state index is 14.5. The number of aromatic nitrogens is 3. The first-order valence-electron chi connectivity index (χ1n) is 10.2. The fourth-order valence-electron chi connectivity index (χ4n) is 3.71. The zero-order chi connectivity index (χ0) is 22.9. The van der Waals surface area contributed by atoms with E-state index < -0.39 is 17.6 Å². The molecule has 1 aromatic carbocycles. The molecule has 10 heteroatoms. The Labute approximate surface area is 182 Å². The number of alkyl halides is 3. The van der Waals surface area contributed by atoms with Gasteiger partial charge in [0.25, 0.3) is 0 Å². The number of aliphatic hydroxyl groups is 1. The van der Waals surface area contributed by atoms with E-state index in [0.717, 1.165) is 55.4 Å². The summed E-state index contributed by atoms with van der Waals surface area (Å²) >= 11 is 0. The minimum Gasteiger partial charge on any atom is -0.393 e. The maximum Gasteiger partial charge on any atom is 0.416 e. The molecule has 2 aromatic heterocycles. The second-order valence-corrected chi connectivity index (χ2v) is 7.95. The average molecular weight is 449 g/mol. The molecule has 1 aliphatic rings. The molecule has 3 aromatic rings. The first-order chi connectivity index (χ1) is 15.2. The molecule has 170 valence electrons. The number of hydrogen-bond acceptors (Lipinski definition) is 5. The summed E-state index contributed by atoms with van der Waals surface area (Å²) in [5, 5.41) is 12.4. The maximum absolute atomic E-state index is 14.5. The van der Waals surface area contributed by atoms with Crippen molar-refractivity contribution in [3.05, 3.63) is 65.4 Å². The molecule has 0 spiro atoms. The molecule has 2 N–H and O–H groups in total. The van der Waals surface area contributed by atoms with E-state index in [-0.39, 0.29) is 23.6 Å². The molecule has 0 saturated carbocycles. The quantitative estimate of drug-likeness (QED) is 0.564. The number of nitrogens with zero attached hydrogens (tertiary/aromatic N) is 4. The van der Waals surface area contributed by atoms with Crippen LogP contribution < -0.4 is 5.32 Å². The van der Waals surface area contributed by atoms with Gasteiger partial charge in [-0.2, -0.15) is 18.2 Å². The Morgan fingerprint density at radius 3 is 2.66 bits per heavy atom. The van der Waals surface area contributed by atoms with Crippen LogP contribution in [-0.2, 0) is 12.7 Å². The minimum atomic E-state index is -4.47. The van der Waals surface area contributed by atoms with Gasteiger partial charge in [-0.15, -0.1) is 0 Å². The minimum absolute atomic E-state index is 0.00195. The van der Waals surface area contributed by atoms with Crippen molar-refractivity contribution < 1.29 is 22.7 Å². The highest BCUT2D eigenvalue weighted by Crippen LogP contribution is 2.31. The van der Waals surface area contributed by atoms with Crippen molar-refractivity contribution in [1.82, 2.24) is 19.4 Å². The van der Waals surface area contributed by atoms with Crippen LogP contribution in [0.1, 0.15) is 29.5 Å². The zero-order valence-electron chi connectivity index (χ0n) is 17.4. The van der Waals surface area contributed by atoms with Crippen molar-refractivity contribution in [3.8, 4) is 5.82 Å². The molecule has 1 fully saturated rings. The van der Waals surface area contributed by atoms with Crippen molar-refractivity contribution >= 4 is 11.6 Å². The van der Waals surface area contributed by atoms with Gasteiger partial charge in [0.1, 0.15) is 0 Å². The molecule has 3 heterocycles. The number of hydrogen-bond donors (Lipinski definition) is 2. The highest BCUT2D eigenvalue weighted by atomic mass is 19.4. The summed E-state index contributed by atoms with van der Waals surface area (Å²) in [6.45, 7) is 4.18. The average Bonchev–Trinajstić information content (AvgIpc) is 3.11. The fourth-order valence-corrected chi connectivity index (χ4v) is 3.71. The summed E-state index contributed by atoms with van der Waals surface area (Å²) in [6.07, 6.45) is 1.26. The van der Waals surface area contributed by atoms with Crippen LogP contribution in [-0.4, -0.2) is 43.7 Å². The lowest BCUT2D eigenvalue weighted by atomic mass is 10.1. The van der Waals surface area contributed by atoms with Gasteiger partial charge < -0.3 is 15.0 Å². The van der Waals surface area contributed by atoms with Crippen LogP contribution in [0.2, 0.25) is 0 Å². The predicted octanol–water partition coefficient (Wildman–Crippen LogP) is 4.43. The van der Waals surface area contributed by atoms with Crippen LogP contribution in [0.5, 0.6) is 0 Å². The van der Waals surface area contributed by atoms with Crippen molar-refractivity contribution in [2.75, 3.05) is 18.4 Å². The van der Waals surface area contributed by atoms with E-state index in [2.05, 4.69) is 20.2 Å². The first kappa shape index (κ1) is 22.2. The van der Waals surface area contributed by atoms with E-state index in [0.29, 0.717) is 6.54 Å². The topological polar surface area (TPSA) is 66.2 Å². The van der Waals surface area contributed by atoms with E-state index in [4.69, 9.17) is 0 Å². The van der Waals surface area contributed by atoms with Crippen LogP contribution in [0.3, 0.4) is 0 Å². The molecule has 4 rings (SSSR count). The van der Waals surface area contributed by atoms with Crippen molar-refractivity contribution in [2.24, 2.45) is 0 Å². The molecule has 6 nitrogen and oxygen atoms in total. The van der Waals surface area contributed by atoms with Gasteiger partial charge in [0.05, 0.1) is 17.9 Å². The van der Waals surface area contributed by atoms with Gasteiger partial charge in [-0.05, 0) is 49.1 Å².